The Hall–Kier alpha value is -1.07. The molecule has 0 amide bonds. The van der Waals surface area contributed by atoms with Crippen LogP contribution in [0.25, 0.3) is 0 Å². The second-order valence-corrected chi connectivity index (χ2v) is 13.3. The number of ether oxygens (including phenoxy) is 3. The molecule has 0 spiro atoms. The van der Waals surface area contributed by atoms with Crippen LogP contribution in [0.4, 0.5) is 0 Å². The number of aromatic amines is 1. The number of hydrogen-bond acceptors (Lipinski definition) is 12. The molecule has 1 fully saturated rings. The summed E-state index contributed by atoms with van der Waals surface area (Å²) >= 11 is 0. The summed E-state index contributed by atoms with van der Waals surface area (Å²) in [5.74, 6) is 0. The van der Waals surface area contributed by atoms with Gasteiger partial charge in [-0.1, -0.05) is 25.7 Å². The molecule has 2 unspecified atom stereocenters. The van der Waals surface area contributed by atoms with Crippen molar-refractivity contribution < 1.29 is 60.6 Å². The van der Waals surface area contributed by atoms with Crippen LogP contribution in [0.1, 0.15) is 56.7 Å². The number of H-pyrrole nitrogens is 1. The number of phosphoric ester groups is 1. The second-order valence-electron chi connectivity index (χ2n) is 8.87. The Balaban J connectivity index is 1.99. The molecule has 40 heavy (non-hydrogen) atoms. The maximum atomic E-state index is 12.3. The fraction of sp³-hybridized carbons (Fsp3) is 0.789. The van der Waals surface area contributed by atoms with Crippen LogP contribution in [0, 0.1) is 6.92 Å². The zero-order valence-electron chi connectivity index (χ0n) is 21.7. The summed E-state index contributed by atoms with van der Waals surface area (Å²) in [5.41, 5.74) is 4.30. The van der Waals surface area contributed by atoms with Gasteiger partial charge in [0.15, 0.2) is 0 Å². The number of aromatic nitrogens is 2. The zero-order chi connectivity index (χ0) is 30.0. The van der Waals surface area contributed by atoms with Gasteiger partial charge in [0.05, 0.1) is 12.7 Å². The van der Waals surface area contributed by atoms with Crippen molar-refractivity contribution >= 4 is 23.5 Å². The maximum Gasteiger partial charge on any atom is 0.490 e. The molecule has 0 aliphatic carbocycles. The number of nitrogens with one attached hydrogen (secondary N) is 1. The third-order valence-electron chi connectivity index (χ3n) is 5.56. The first kappa shape index (κ1) is 35.1. The number of aryl methyl sites for hydroxylation is 1. The lowest BCUT2D eigenvalue weighted by Gasteiger charge is -2.21. The molecule has 5 atom stereocenters. The fourth-order valence-electron chi connectivity index (χ4n) is 3.72. The van der Waals surface area contributed by atoms with Crippen molar-refractivity contribution in [2.75, 3.05) is 26.6 Å². The SMILES string of the molecule is Cc1cn([C@H]2C[C@H](OCOCCCCCCCCN)[C@@H](COP(=O)(O)OP(=O)(O)OP(=O)(O)O)O2)c(=O)[nH]c1=O. The molecule has 2 heterocycles. The average molecular weight is 639 g/mol. The van der Waals surface area contributed by atoms with E-state index < -0.39 is 59.8 Å². The highest BCUT2D eigenvalue weighted by Crippen LogP contribution is 2.66. The van der Waals surface area contributed by atoms with Crippen LogP contribution in [-0.4, -0.2) is 67.9 Å². The third kappa shape index (κ3) is 12.8. The van der Waals surface area contributed by atoms with Gasteiger partial charge in [-0.3, -0.25) is 18.9 Å². The highest BCUT2D eigenvalue weighted by Gasteiger charge is 2.43. The number of rotatable bonds is 19. The Morgan fingerprint density at radius 1 is 1.02 bits per heavy atom. The van der Waals surface area contributed by atoms with Crippen LogP contribution in [-0.2, 0) is 41.1 Å². The molecule has 0 bridgehead atoms. The van der Waals surface area contributed by atoms with Gasteiger partial charge >= 0.3 is 29.2 Å². The summed E-state index contributed by atoms with van der Waals surface area (Å²) < 4.78 is 64.5. The first-order chi connectivity index (χ1) is 18.6. The zero-order valence-corrected chi connectivity index (χ0v) is 24.4. The van der Waals surface area contributed by atoms with Gasteiger partial charge in [0.1, 0.15) is 19.1 Å². The summed E-state index contributed by atoms with van der Waals surface area (Å²) in [5, 5.41) is 0. The number of phosphoric acid groups is 3. The molecule has 1 aliphatic heterocycles. The number of nitrogens with zero attached hydrogens (tertiary/aromatic N) is 1. The normalized spacial score (nSPS) is 22.7. The lowest BCUT2D eigenvalue weighted by Crippen LogP contribution is -2.33. The van der Waals surface area contributed by atoms with Gasteiger partial charge in [-0.05, 0) is 26.3 Å². The molecule has 0 radical (unpaired) electrons. The largest absolute Gasteiger partial charge is 0.490 e. The van der Waals surface area contributed by atoms with Crippen molar-refractivity contribution in [3.8, 4) is 0 Å². The first-order valence-electron chi connectivity index (χ1n) is 12.3. The Kier molecular flexibility index (Phi) is 14.0. The minimum Gasteiger partial charge on any atom is -0.355 e. The molecule has 18 nitrogen and oxygen atoms in total. The van der Waals surface area contributed by atoms with E-state index in [1.807, 2.05) is 0 Å². The molecule has 0 saturated carbocycles. The highest BCUT2D eigenvalue weighted by atomic mass is 31.3. The maximum absolute atomic E-state index is 12.3. The predicted octanol–water partition coefficient (Wildman–Crippen LogP) is 1.13. The molecule has 1 saturated heterocycles. The third-order valence-corrected chi connectivity index (χ3v) is 9.37. The van der Waals surface area contributed by atoms with Crippen molar-refractivity contribution in [1.29, 1.82) is 0 Å². The molecule has 232 valence electrons. The van der Waals surface area contributed by atoms with Crippen LogP contribution in [0.15, 0.2) is 15.8 Å². The molecule has 1 aliphatic rings. The van der Waals surface area contributed by atoms with Gasteiger partial charge in [-0.15, -0.1) is 0 Å². The van der Waals surface area contributed by atoms with Gasteiger partial charge in [0.25, 0.3) is 5.56 Å². The average Bonchev–Trinajstić information content (AvgIpc) is 3.21. The van der Waals surface area contributed by atoms with Crippen molar-refractivity contribution in [2.45, 2.75) is 70.3 Å². The Bertz CT molecular complexity index is 1200. The molecule has 7 N–H and O–H groups in total. The van der Waals surface area contributed by atoms with Gasteiger partial charge in [0.2, 0.25) is 0 Å². The van der Waals surface area contributed by atoms with Gasteiger partial charge in [-0.25, -0.2) is 18.5 Å². The molecular formula is C19H36N3O15P3. The van der Waals surface area contributed by atoms with Crippen molar-refractivity contribution in [2.24, 2.45) is 5.73 Å². The van der Waals surface area contributed by atoms with Gasteiger partial charge in [0, 0.05) is 24.8 Å². The standard InChI is InChI=1S/C19H36N3O15P3/c1-14-11-22(19(24)21-18(14)23)17-10-15(33-13-32-9-7-5-3-2-4-6-8-20)16(35-17)12-34-39(28,29)37-40(30,31)36-38(25,26)27/h11,15-17H,2-10,12-13,20H2,1H3,(H,28,29)(H,30,31)(H,21,23,24)(H2,25,26,27)/t15-,16+,17+/m0/s1. The molecule has 1 aromatic heterocycles. The minimum absolute atomic E-state index is 0.0142. The molecule has 1 aromatic rings. The lowest BCUT2D eigenvalue weighted by molar-refractivity contribution is -0.118. The predicted molar refractivity (Wildman–Crippen MR) is 137 cm³/mol. The van der Waals surface area contributed by atoms with E-state index in [9.17, 15) is 33.1 Å². The van der Waals surface area contributed by atoms with Crippen molar-refractivity contribution in [3.63, 3.8) is 0 Å². The van der Waals surface area contributed by atoms with Crippen LogP contribution < -0.4 is 17.0 Å². The van der Waals surface area contributed by atoms with Crippen molar-refractivity contribution in [3.05, 3.63) is 32.6 Å². The van der Waals surface area contributed by atoms with Crippen LogP contribution >= 0.6 is 23.5 Å². The van der Waals surface area contributed by atoms with E-state index in [0.717, 1.165) is 43.1 Å². The summed E-state index contributed by atoms with van der Waals surface area (Å²) in [7, 11) is -16.7. The topological polar surface area (TPSA) is 268 Å². The van der Waals surface area contributed by atoms with Gasteiger partial charge < -0.3 is 39.5 Å². The molecule has 0 aromatic carbocycles. The van der Waals surface area contributed by atoms with Crippen LogP contribution in [0.2, 0.25) is 0 Å². The summed E-state index contributed by atoms with van der Waals surface area (Å²) in [6, 6.07) is 0. The number of hydrogen-bond donors (Lipinski definition) is 6. The summed E-state index contributed by atoms with van der Waals surface area (Å²) in [6.45, 7) is 1.56. The summed E-state index contributed by atoms with van der Waals surface area (Å²) in [6.07, 6.45) is 4.16. The first-order valence-corrected chi connectivity index (χ1v) is 16.8. The Morgan fingerprint density at radius 2 is 1.68 bits per heavy atom. The smallest absolute Gasteiger partial charge is 0.355 e. The van der Waals surface area contributed by atoms with E-state index >= 15 is 0 Å². The van der Waals surface area contributed by atoms with E-state index in [-0.39, 0.29) is 18.8 Å². The quantitative estimate of drug-likeness (QED) is 0.0703. The molecular weight excluding hydrogens is 603 g/mol. The number of nitrogens with two attached hydrogens (primary N) is 1. The van der Waals surface area contributed by atoms with Crippen LogP contribution in [0.3, 0.4) is 0 Å². The number of unbranched alkanes of at least 4 members (excludes halogenated alkanes) is 5. The van der Waals surface area contributed by atoms with E-state index in [4.69, 9.17) is 29.7 Å². The monoisotopic (exact) mass is 639 g/mol. The Labute approximate surface area is 229 Å². The minimum atomic E-state index is -5.71. The molecule has 2 rings (SSSR count). The Morgan fingerprint density at radius 3 is 2.33 bits per heavy atom. The van der Waals surface area contributed by atoms with E-state index in [2.05, 4.69) is 18.1 Å². The lowest BCUT2D eigenvalue weighted by atomic mass is 10.1. The molecule has 21 heteroatoms. The van der Waals surface area contributed by atoms with E-state index in [0.29, 0.717) is 13.2 Å². The van der Waals surface area contributed by atoms with Crippen LogP contribution in [0.5, 0.6) is 0 Å². The summed E-state index contributed by atoms with van der Waals surface area (Å²) in [4.78, 5) is 62.5. The van der Waals surface area contributed by atoms with E-state index in [1.165, 1.54) is 13.1 Å². The fourth-order valence-corrected chi connectivity index (χ4v) is 6.75. The highest BCUT2D eigenvalue weighted by molar-refractivity contribution is 7.66. The second kappa shape index (κ2) is 16.0. The van der Waals surface area contributed by atoms with E-state index in [1.54, 1.807) is 0 Å². The van der Waals surface area contributed by atoms with Crippen molar-refractivity contribution in [1.82, 2.24) is 9.55 Å². The van der Waals surface area contributed by atoms with Gasteiger partial charge in [-0.2, -0.15) is 8.62 Å².